The van der Waals surface area contributed by atoms with Crippen molar-refractivity contribution < 1.29 is 31.5 Å². The van der Waals surface area contributed by atoms with E-state index < -0.39 is 48.8 Å². The minimum absolute atomic E-state index is 0.0830. The van der Waals surface area contributed by atoms with Gasteiger partial charge in [-0.25, -0.2) is 18.3 Å². The average Bonchev–Trinajstić information content (AvgIpc) is 3.71. The second-order valence-corrected chi connectivity index (χ2v) is 12.1. The van der Waals surface area contributed by atoms with Gasteiger partial charge < -0.3 is 10.6 Å². The van der Waals surface area contributed by atoms with Gasteiger partial charge in [0.15, 0.2) is 5.65 Å². The highest BCUT2D eigenvalue weighted by Crippen LogP contribution is 2.43. The van der Waals surface area contributed by atoms with Crippen LogP contribution in [0.1, 0.15) is 110 Å². The highest BCUT2D eigenvalue weighted by molar-refractivity contribution is 5.94. The van der Waals surface area contributed by atoms with Gasteiger partial charge in [0, 0.05) is 31.7 Å². The molecule has 232 valence electrons. The van der Waals surface area contributed by atoms with Crippen molar-refractivity contribution >= 4 is 17.5 Å². The van der Waals surface area contributed by atoms with Gasteiger partial charge in [-0.2, -0.15) is 18.3 Å². The Labute approximate surface area is 245 Å². The summed E-state index contributed by atoms with van der Waals surface area (Å²) in [5, 5.41) is 10.2. The molecule has 0 saturated heterocycles. The number of pyridine rings is 1. The number of imidazole rings is 1. The summed E-state index contributed by atoms with van der Waals surface area (Å²) in [5.74, 6) is -3.88. The van der Waals surface area contributed by atoms with Crippen LogP contribution in [0.25, 0.3) is 5.65 Å². The van der Waals surface area contributed by atoms with E-state index in [0.29, 0.717) is 22.5 Å². The van der Waals surface area contributed by atoms with Gasteiger partial charge in [-0.15, -0.1) is 0 Å². The molecule has 0 aromatic carbocycles. The maximum Gasteiger partial charge on any atom is 0.389 e. The molecule has 2 aliphatic carbocycles. The zero-order chi connectivity index (χ0) is 30.9. The highest BCUT2D eigenvalue weighted by Gasteiger charge is 2.40. The number of fused-ring (bicyclic) bond motifs is 1. The Morgan fingerprint density at radius 3 is 2.33 bits per heavy atom. The summed E-state index contributed by atoms with van der Waals surface area (Å²) >= 11 is 0. The molecule has 13 heteroatoms. The van der Waals surface area contributed by atoms with E-state index in [1.807, 2.05) is 13.8 Å². The second kappa shape index (κ2) is 12.2. The third-order valence-electron chi connectivity index (χ3n) is 8.29. The number of aromatic nitrogens is 4. The number of hydrogen-bond acceptors (Lipinski definition) is 5. The maximum atomic E-state index is 14.0. The van der Waals surface area contributed by atoms with Gasteiger partial charge in [0.25, 0.3) is 5.91 Å². The van der Waals surface area contributed by atoms with E-state index in [-0.39, 0.29) is 43.4 Å². The van der Waals surface area contributed by atoms with Crippen molar-refractivity contribution in [3.63, 3.8) is 0 Å². The predicted molar refractivity (Wildman–Crippen MR) is 147 cm³/mol. The SMILES string of the molecule is CC(C)c1cncc(C(=O)N[C@H](c2cn3ncc(C(NC(=O)CCC(F)(F)F)C4CC4)cc3n2)C2CCC(F)(F)CC2)c1. The molecule has 2 aliphatic rings. The van der Waals surface area contributed by atoms with E-state index in [1.165, 1.54) is 10.7 Å². The quantitative estimate of drug-likeness (QED) is 0.258. The van der Waals surface area contributed by atoms with Crippen LogP contribution in [-0.4, -0.2) is 43.5 Å². The van der Waals surface area contributed by atoms with Gasteiger partial charge in [0.1, 0.15) is 0 Å². The van der Waals surface area contributed by atoms with E-state index in [9.17, 15) is 31.5 Å². The Morgan fingerprint density at radius 1 is 0.977 bits per heavy atom. The molecule has 0 spiro atoms. The van der Waals surface area contributed by atoms with E-state index in [4.69, 9.17) is 4.98 Å². The van der Waals surface area contributed by atoms with E-state index in [2.05, 4.69) is 20.7 Å². The molecule has 0 radical (unpaired) electrons. The topological polar surface area (TPSA) is 101 Å². The minimum atomic E-state index is -4.42. The van der Waals surface area contributed by atoms with Crippen molar-refractivity contribution in [2.75, 3.05) is 0 Å². The number of amides is 2. The number of rotatable bonds is 10. The number of carbonyl (C=O) groups is 2. The lowest BCUT2D eigenvalue weighted by Crippen LogP contribution is -2.37. The molecule has 2 amide bonds. The Kier molecular flexibility index (Phi) is 8.71. The molecule has 0 bridgehead atoms. The molecular formula is C30H35F5N6O2. The van der Waals surface area contributed by atoms with Crippen molar-refractivity contribution in [1.82, 2.24) is 30.2 Å². The molecule has 5 rings (SSSR count). The van der Waals surface area contributed by atoms with Crippen molar-refractivity contribution in [1.29, 1.82) is 0 Å². The molecule has 3 aromatic heterocycles. The third-order valence-corrected chi connectivity index (χ3v) is 8.29. The molecule has 1 unspecified atom stereocenters. The summed E-state index contributed by atoms with van der Waals surface area (Å²) < 4.78 is 67.4. The Morgan fingerprint density at radius 2 is 1.67 bits per heavy atom. The van der Waals surface area contributed by atoms with Crippen molar-refractivity contribution in [3.05, 3.63) is 59.3 Å². The lowest BCUT2D eigenvalue weighted by Gasteiger charge is -2.33. The molecule has 2 fully saturated rings. The van der Waals surface area contributed by atoms with E-state index in [1.54, 1.807) is 30.7 Å². The van der Waals surface area contributed by atoms with Crippen LogP contribution in [0.3, 0.4) is 0 Å². The first kappa shape index (κ1) is 30.8. The van der Waals surface area contributed by atoms with Crippen LogP contribution in [-0.2, 0) is 4.79 Å². The molecule has 3 heterocycles. The van der Waals surface area contributed by atoms with Crippen molar-refractivity contribution in [2.45, 2.75) is 95.3 Å². The summed E-state index contributed by atoms with van der Waals surface area (Å²) in [6, 6.07) is 2.30. The minimum Gasteiger partial charge on any atom is -0.349 e. The zero-order valence-electron chi connectivity index (χ0n) is 24.0. The van der Waals surface area contributed by atoms with E-state index in [0.717, 1.165) is 18.4 Å². The van der Waals surface area contributed by atoms with Crippen LogP contribution >= 0.6 is 0 Å². The number of alkyl halides is 5. The lowest BCUT2D eigenvalue weighted by atomic mass is 9.81. The lowest BCUT2D eigenvalue weighted by molar-refractivity contribution is -0.144. The molecule has 2 saturated carbocycles. The Hall–Kier alpha value is -3.64. The highest BCUT2D eigenvalue weighted by atomic mass is 19.4. The fourth-order valence-corrected chi connectivity index (χ4v) is 5.58. The number of halogens is 5. The average molecular weight is 607 g/mol. The third kappa shape index (κ3) is 7.85. The van der Waals surface area contributed by atoms with Gasteiger partial charge in [0.2, 0.25) is 11.8 Å². The van der Waals surface area contributed by atoms with Crippen LogP contribution in [0.15, 0.2) is 36.9 Å². The number of carbonyl (C=O) groups excluding carboxylic acids is 2. The van der Waals surface area contributed by atoms with Crippen LogP contribution in [0.4, 0.5) is 22.0 Å². The van der Waals surface area contributed by atoms with Gasteiger partial charge >= 0.3 is 6.18 Å². The summed E-state index contributed by atoms with van der Waals surface area (Å²) in [6.07, 6.45) is 1.53. The summed E-state index contributed by atoms with van der Waals surface area (Å²) in [6.45, 7) is 3.98. The zero-order valence-corrected chi connectivity index (χ0v) is 24.0. The van der Waals surface area contributed by atoms with E-state index >= 15 is 0 Å². The van der Waals surface area contributed by atoms with Gasteiger partial charge in [0.05, 0.1) is 42.2 Å². The first-order chi connectivity index (χ1) is 20.3. The predicted octanol–water partition coefficient (Wildman–Crippen LogP) is 6.45. The smallest absolute Gasteiger partial charge is 0.349 e. The largest absolute Gasteiger partial charge is 0.389 e. The second-order valence-electron chi connectivity index (χ2n) is 12.1. The molecule has 2 N–H and O–H groups in total. The van der Waals surface area contributed by atoms with Gasteiger partial charge in [-0.05, 0) is 66.7 Å². The van der Waals surface area contributed by atoms with Crippen LogP contribution in [0.5, 0.6) is 0 Å². The summed E-state index contributed by atoms with van der Waals surface area (Å²) in [7, 11) is 0. The first-order valence-corrected chi connectivity index (χ1v) is 14.6. The van der Waals surface area contributed by atoms with Gasteiger partial charge in [-0.1, -0.05) is 13.8 Å². The standard InChI is InChI=1S/C30H35F5N6O2/c1-17(2)20-11-22(14-36-13-20)28(43)40-27(19-5-8-29(31,32)9-6-19)23-16-41-24(38-23)12-21(15-37-41)26(18-3-4-18)39-25(42)7-10-30(33,34)35/h11-19,26-27H,3-10H2,1-2H3,(H,39,42)(H,40,43)/t26?,27-/m0/s1. The van der Waals surface area contributed by atoms with Crippen molar-refractivity contribution in [3.8, 4) is 0 Å². The molecular weight excluding hydrogens is 571 g/mol. The van der Waals surface area contributed by atoms with Crippen LogP contribution < -0.4 is 10.6 Å². The number of nitrogens with one attached hydrogen (secondary N) is 2. The van der Waals surface area contributed by atoms with Crippen LogP contribution in [0, 0.1) is 11.8 Å². The molecule has 43 heavy (non-hydrogen) atoms. The number of nitrogens with zero attached hydrogens (tertiary/aromatic N) is 4. The summed E-state index contributed by atoms with van der Waals surface area (Å²) in [5.41, 5.74) is 2.73. The maximum absolute atomic E-state index is 14.0. The fourth-order valence-electron chi connectivity index (χ4n) is 5.58. The molecule has 8 nitrogen and oxygen atoms in total. The normalized spacial score (nSPS) is 18.9. The van der Waals surface area contributed by atoms with Crippen LogP contribution in [0.2, 0.25) is 0 Å². The monoisotopic (exact) mass is 606 g/mol. The number of hydrogen-bond donors (Lipinski definition) is 2. The first-order valence-electron chi connectivity index (χ1n) is 14.6. The Balaban J connectivity index is 1.40. The van der Waals surface area contributed by atoms with Gasteiger partial charge in [-0.3, -0.25) is 14.6 Å². The fraction of sp³-hybridized carbons (Fsp3) is 0.567. The molecule has 0 aliphatic heterocycles. The van der Waals surface area contributed by atoms with Crippen molar-refractivity contribution in [2.24, 2.45) is 11.8 Å². The molecule has 2 atom stereocenters. The molecule has 3 aromatic rings. The Bertz CT molecular complexity index is 1460. The summed E-state index contributed by atoms with van der Waals surface area (Å²) in [4.78, 5) is 34.6.